The summed E-state index contributed by atoms with van der Waals surface area (Å²) in [6.45, 7) is 1.39. The zero-order chi connectivity index (χ0) is 10.3. The van der Waals surface area contributed by atoms with E-state index >= 15 is 0 Å². The third-order valence-electron chi connectivity index (χ3n) is 0.978. The molecular weight excluding hydrogens is 188 g/mol. The molecule has 0 saturated carbocycles. The Labute approximate surface area is 80.7 Å². The average molecular weight is 196 g/mol. The number of ether oxygens (including phenoxy) is 1. The van der Waals surface area contributed by atoms with Gasteiger partial charge in [0.05, 0.1) is 0 Å². The van der Waals surface area contributed by atoms with Crippen LogP contribution in [0, 0.1) is 23.0 Å². The highest BCUT2D eigenvalue weighted by atomic mass is 32.2. The van der Waals surface area contributed by atoms with E-state index < -0.39 is 5.97 Å². The van der Waals surface area contributed by atoms with Crippen LogP contribution in [0.1, 0.15) is 6.92 Å². The second-order valence-electron chi connectivity index (χ2n) is 1.99. The summed E-state index contributed by atoms with van der Waals surface area (Å²) in [5.41, 5.74) is 5.59. The molecule has 0 aliphatic heterocycles. The molecule has 0 unspecified atom stereocenters. The van der Waals surface area contributed by atoms with E-state index in [2.05, 4.69) is 10.7 Å². The van der Waals surface area contributed by atoms with Gasteiger partial charge in [-0.05, 0) is 18.7 Å². The molecule has 13 heavy (non-hydrogen) atoms. The molecule has 0 aliphatic carbocycles. The number of terminal acetylenes is 1. The van der Waals surface area contributed by atoms with Crippen molar-refractivity contribution in [1.29, 1.82) is 5.26 Å². The number of carbonyl (C=O) groups excluding carboxylic acids is 1. The van der Waals surface area contributed by atoms with Crippen molar-refractivity contribution < 1.29 is 9.53 Å². The number of hydrogen-bond acceptors (Lipinski definition) is 5. The van der Waals surface area contributed by atoms with Gasteiger partial charge in [-0.1, -0.05) is 5.92 Å². The Bertz CT molecular complexity index is 305. The van der Waals surface area contributed by atoms with Crippen molar-refractivity contribution in [2.75, 3.05) is 6.61 Å². The number of nitrogens with two attached hydrogens (primary N) is 1. The van der Waals surface area contributed by atoms with Crippen molar-refractivity contribution in [1.82, 2.24) is 0 Å². The van der Waals surface area contributed by atoms with Crippen molar-refractivity contribution in [3.05, 3.63) is 10.6 Å². The predicted molar refractivity (Wildman–Crippen MR) is 49.9 cm³/mol. The van der Waals surface area contributed by atoms with Crippen molar-refractivity contribution in [3.8, 4) is 17.7 Å². The normalized spacial score (nSPS) is 10.7. The molecule has 0 aliphatic rings. The standard InChI is InChI=1S/C8H8N2O2S/c1-3-4-12-8(11)7(6(2)10)13-5-9/h1H,4,10H2,2H3/b7-6+. The quantitative estimate of drug-likeness (QED) is 0.309. The first-order valence-corrected chi connectivity index (χ1v) is 4.08. The first kappa shape index (κ1) is 11.4. The molecule has 0 aromatic rings. The number of nitrogens with zero attached hydrogens (tertiary/aromatic N) is 1. The summed E-state index contributed by atoms with van der Waals surface area (Å²) in [6, 6.07) is 0. The van der Waals surface area contributed by atoms with Crippen LogP contribution in [0.25, 0.3) is 0 Å². The highest BCUT2D eigenvalue weighted by Crippen LogP contribution is 2.17. The van der Waals surface area contributed by atoms with Gasteiger partial charge in [-0.15, -0.1) is 6.42 Å². The third-order valence-corrected chi connectivity index (χ3v) is 1.76. The lowest BCUT2D eigenvalue weighted by Gasteiger charge is -2.02. The second kappa shape index (κ2) is 5.99. The number of nitriles is 1. The summed E-state index contributed by atoms with van der Waals surface area (Å²) in [7, 11) is 0. The number of allylic oxidation sites excluding steroid dienone is 1. The zero-order valence-electron chi connectivity index (χ0n) is 7.03. The van der Waals surface area contributed by atoms with Gasteiger partial charge in [0.2, 0.25) is 0 Å². The van der Waals surface area contributed by atoms with Gasteiger partial charge in [0, 0.05) is 5.70 Å². The third kappa shape index (κ3) is 4.09. The first-order chi connectivity index (χ1) is 6.13. The molecule has 4 nitrogen and oxygen atoms in total. The van der Waals surface area contributed by atoms with E-state index in [1.165, 1.54) is 6.92 Å². The monoisotopic (exact) mass is 196 g/mol. The van der Waals surface area contributed by atoms with Crippen LogP contribution >= 0.6 is 11.8 Å². The maximum absolute atomic E-state index is 11.1. The Morgan fingerprint density at radius 1 is 1.77 bits per heavy atom. The molecule has 0 aromatic heterocycles. The molecule has 0 radical (unpaired) electrons. The fraction of sp³-hybridized carbons (Fsp3) is 0.250. The van der Waals surface area contributed by atoms with Crippen molar-refractivity contribution in [3.63, 3.8) is 0 Å². The van der Waals surface area contributed by atoms with E-state index in [1.54, 1.807) is 5.40 Å². The number of carbonyl (C=O) groups is 1. The Morgan fingerprint density at radius 2 is 2.38 bits per heavy atom. The van der Waals surface area contributed by atoms with Crippen molar-refractivity contribution in [2.45, 2.75) is 6.92 Å². The lowest BCUT2D eigenvalue weighted by Crippen LogP contribution is -2.10. The largest absolute Gasteiger partial charge is 0.448 e. The molecule has 0 fully saturated rings. The molecule has 68 valence electrons. The van der Waals surface area contributed by atoms with E-state index in [-0.39, 0.29) is 17.2 Å². The molecular formula is C8H8N2O2S. The van der Waals surface area contributed by atoms with Crippen LogP contribution in [0.2, 0.25) is 0 Å². The summed E-state index contributed by atoms with van der Waals surface area (Å²) in [5, 5.41) is 10.1. The van der Waals surface area contributed by atoms with Crippen molar-refractivity contribution >= 4 is 17.7 Å². The summed E-state index contributed by atoms with van der Waals surface area (Å²) in [6.07, 6.45) is 4.88. The molecule has 5 heteroatoms. The lowest BCUT2D eigenvalue weighted by atomic mass is 10.4. The molecule has 0 rings (SSSR count). The highest BCUT2D eigenvalue weighted by molar-refractivity contribution is 8.08. The Kier molecular flexibility index (Phi) is 5.25. The molecule has 0 amide bonds. The zero-order valence-corrected chi connectivity index (χ0v) is 7.85. The van der Waals surface area contributed by atoms with Gasteiger partial charge in [0.15, 0.2) is 6.61 Å². The Morgan fingerprint density at radius 3 is 2.77 bits per heavy atom. The van der Waals surface area contributed by atoms with E-state index in [0.717, 1.165) is 0 Å². The second-order valence-corrected chi connectivity index (χ2v) is 2.78. The predicted octanol–water partition coefficient (Wildman–Crippen LogP) is 0.567. The maximum Gasteiger partial charge on any atom is 0.348 e. The van der Waals surface area contributed by atoms with Crippen molar-refractivity contribution in [2.24, 2.45) is 5.73 Å². The summed E-state index contributed by atoms with van der Waals surface area (Å²) in [5.74, 6) is 1.47. The number of esters is 1. The van der Waals surface area contributed by atoms with Crippen LogP contribution in [0.15, 0.2) is 10.6 Å². The number of thioether (sulfide) groups is 1. The fourth-order valence-corrected chi connectivity index (χ4v) is 0.896. The fourth-order valence-electron chi connectivity index (χ4n) is 0.502. The molecule has 0 atom stereocenters. The van der Waals surface area contributed by atoms with Gasteiger partial charge in [-0.2, -0.15) is 5.26 Å². The Balaban J connectivity index is 4.44. The summed E-state index contributed by atoms with van der Waals surface area (Å²) in [4.78, 5) is 11.2. The van der Waals surface area contributed by atoms with Gasteiger partial charge in [0.25, 0.3) is 0 Å². The maximum atomic E-state index is 11.1. The number of rotatable bonds is 3. The summed E-state index contributed by atoms with van der Waals surface area (Å²) < 4.78 is 4.58. The molecule has 0 bridgehead atoms. The van der Waals surface area contributed by atoms with Crippen LogP contribution in [0.4, 0.5) is 0 Å². The van der Waals surface area contributed by atoms with E-state index in [1.807, 2.05) is 0 Å². The molecule has 0 heterocycles. The van der Waals surface area contributed by atoms with Gasteiger partial charge in [-0.25, -0.2) is 4.79 Å². The van der Waals surface area contributed by atoms with E-state index in [4.69, 9.17) is 17.4 Å². The van der Waals surface area contributed by atoms with E-state index in [9.17, 15) is 4.79 Å². The number of hydrogen-bond donors (Lipinski definition) is 1. The summed E-state index contributed by atoms with van der Waals surface area (Å²) >= 11 is 0.660. The lowest BCUT2D eigenvalue weighted by molar-refractivity contribution is -0.136. The highest BCUT2D eigenvalue weighted by Gasteiger charge is 2.13. The first-order valence-electron chi connectivity index (χ1n) is 3.26. The van der Waals surface area contributed by atoms with Crippen LogP contribution in [-0.2, 0) is 9.53 Å². The topological polar surface area (TPSA) is 76.1 Å². The smallest absolute Gasteiger partial charge is 0.348 e. The van der Waals surface area contributed by atoms with Gasteiger partial charge >= 0.3 is 5.97 Å². The minimum atomic E-state index is -0.662. The Hall–Kier alpha value is -1.59. The van der Waals surface area contributed by atoms with Crippen LogP contribution < -0.4 is 5.73 Å². The van der Waals surface area contributed by atoms with Crippen LogP contribution in [0.5, 0.6) is 0 Å². The molecule has 0 saturated heterocycles. The van der Waals surface area contributed by atoms with Crippen LogP contribution in [-0.4, -0.2) is 12.6 Å². The van der Waals surface area contributed by atoms with Gasteiger partial charge in [-0.3, -0.25) is 0 Å². The molecule has 0 spiro atoms. The van der Waals surface area contributed by atoms with Gasteiger partial charge < -0.3 is 10.5 Å². The van der Waals surface area contributed by atoms with E-state index in [0.29, 0.717) is 11.8 Å². The SMILES string of the molecule is C#CCOC(=O)/C(SC#N)=C(/C)N. The van der Waals surface area contributed by atoms with Crippen LogP contribution in [0.3, 0.4) is 0 Å². The minimum absolute atomic E-state index is 0.0813. The van der Waals surface area contributed by atoms with Gasteiger partial charge in [0.1, 0.15) is 10.3 Å². The molecule has 2 N–H and O–H groups in total. The number of thiocyanates is 1. The minimum Gasteiger partial charge on any atom is -0.448 e. The average Bonchev–Trinajstić information content (AvgIpc) is 2.09. The molecule has 0 aromatic carbocycles.